The number of hydrogen-bond acceptors (Lipinski definition) is 3. The third-order valence-corrected chi connectivity index (χ3v) is 2.48. The molecule has 0 radical (unpaired) electrons. The zero-order valence-electron chi connectivity index (χ0n) is 8.69. The third-order valence-electron chi connectivity index (χ3n) is 2.48. The lowest BCUT2D eigenvalue weighted by Crippen LogP contribution is -2.17. The average Bonchev–Trinajstić information content (AvgIpc) is 2.32. The summed E-state index contributed by atoms with van der Waals surface area (Å²) in [4.78, 5) is 0. The van der Waals surface area contributed by atoms with Crippen LogP contribution in [0.3, 0.4) is 0 Å². The smallest absolute Gasteiger partial charge is 0.183 e. The van der Waals surface area contributed by atoms with Crippen LogP contribution in [0.1, 0.15) is 23.8 Å². The van der Waals surface area contributed by atoms with Gasteiger partial charge in [-0.05, 0) is 18.4 Å². The van der Waals surface area contributed by atoms with Gasteiger partial charge in [0.05, 0.1) is 13.2 Å². The van der Waals surface area contributed by atoms with Crippen molar-refractivity contribution in [1.29, 1.82) is 0 Å². The van der Waals surface area contributed by atoms with Gasteiger partial charge in [-0.25, -0.2) is 0 Å². The highest BCUT2D eigenvalue weighted by atomic mass is 16.7. The molecule has 3 nitrogen and oxygen atoms in total. The Hall–Kier alpha value is -0.900. The number of hydrogen-bond donors (Lipinski definition) is 1. The predicted octanol–water partition coefficient (Wildman–Crippen LogP) is 1.66. The molecule has 15 heavy (non-hydrogen) atoms. The summed E-state index contributed by atoms with van der Waals surface area (Å²) in [5.74, 6) is 0. The summed E-state index contributed by atoms with van der Waals surface area (Å²) in [6, 6.07) is 8.02. The fourth-order valence-corrected chi connectivity index (χ4v) is 1.65. The Morgan fingerprint density at radius 3 is 2.40 bits per heavy atom. The molecule has 1 aliphatic rings. The van der Waals surface area contributed by atoms with Gasteiger partial charge in [-0.3, -0.25) is 0 Å². The van der Waals surface area contributed by atoms with Crippen LogP contribution in [-0.2, 0) is 15.9 Å². The Bertz CT molecular complexity index is 288. The second-order valence-electron chi connectivity index (χ2n) is 3.64. The molecule has 1 heterocycles. The molecule has 1 aromatic rings. The maximum Gasteiger partial charge on any atom is 0.183 e. The first kappa shape index (κ1) is 10.6. The van der Waals surface area contributed by atoms with Crippen molar-refractivity contribution in [3.63, 3.8) is 0 Å². The molecule has 0 bridgehead atoms. The molecule has 0 aliphatic carbocycles. The highest BCUT2D eigenvalue weighted by molar-refractivity contribution is 5.23. The molecule has 0 saturated carbocycles. The van der Waals surface area contributed by atoms with Crippen molar-refractivity contribution in [1.82, 2.24) is 0 Å². The van der Waals surface area contributed by atoms with Crippen molar-refractivity contribution < 1.29 is 14.6 Å². The summed E-state index contributed by atoms with van der Waals surface area (Å²) in [6.45, 7) is 1.72. The number of aliphatic hydroxyl groups is 1. The monoisotopic (exact) mass is 208 g/mol. The van der Waals surface area contributed by atoms with E-state index in [2.05, 4.69) is 0 Å². The van der Waals surface area contributed by atoms with E-state index in [9.17, 15) is 0 Å². The molecule has 3 heteroatoms. The van der Waals surface area contributed by atoms with Crippen molar-refractivity contribution in [2.45, 2.75) is 19.1 Å². The van der Waals surface area contributed by atoms with Crippen LogP contribution in [0.4, 0.5) is 0 Å². The van der Waals surface area contributed by atoms with Crippen LogP contribution in [0, 0.1) is 0 Å². The quantitative estimate of drug-likeness (QED) is 0.821. The number of benzene rings is 1. The molecule has 0 atom stereocenters. The topological polar surface area (TPSA) is 38.7 Å². The Morgan fingerprint density at radius 2 is 1.80 bits per heavy atom. The third kappa shape index (κ3) is 2.78. The first-order valence-corrected chi connectivity index (χ1v) is 5.33. The average molecular weight is 208 g/mol. The Balaban J connectivity index is 2.02. The molecule has 0 unspecified atom stereocenters. The van der Waals surface area contributed by atoms with Crippen molar-refractivity contribution in [2.75, 3.05) is 19.8 Å². The van der Waals surface area contributed by atoms with Crippen LogP contribution in [0.5, 0.6) is 0 Å². The minimum absolute atomic E-state index is 0.190. The molecular weight excluding hydrogens is 192 g/mol. The first-order valence-electron chi connectivity index (χ1n) is 5.33. The molecule has 82 valence electrons. The van der Waals surface area contributed by atoms with Crippen LogP contribution >= 0.6 is 0 Å². The fourth-order valence-electron chi connectivity index (χ4n) is 1.65. The largest absolute Gasteiger partial charge is 0.396 e. The lowest BCUT2D eigenvalue weighted by molar-refractivity contribution is -0.183. The molecule has 0 amide bonds. The van der Waals surface area contributed by atoms with Crippen molar-refractivity contribution in [3.8, 4) is 0 Å². The van der Waals surface area contributed by atoms with Crippen LogP contribution in [0.2, 0.25) is 0 Å². The molecule has 2 rings (SSSR count). The van der Waals surface area contributed by atoms with Gasteiger partial charge >= 0.3 is 0 Å². The minimum Gasteiger partial charge on any atom is -0.396 e. The van der Waals surface area contributed by atoms with Gasteiger partial charge < -0.3 is 14.6 Å². The zero-order valence-corrected chi connectivity index (χ0v) is 8.69. The van der Waals surface area contributed by atoms with E-state index in [-0.39, 0.29) is 12.9 Å². The molecule has 1 fully saturated rings. The number of aliphatic hydroxyl groups excluding tert-OH is 1. The summed E-state index contributed by atoms with van der Waals surface area (Å²) in [5, 5.41) is 8.79. The minimum atomic E-state index is -0.207. The summed E-state index contributed by atoms with van der Waals surface area (Å²) in [5.41, 5.74) is 2.19. The van der Waals surface area contributed by atoms with Gasteiger partial charge in [0.1, 0.15) is 0 Å². The standard InChI is InChI=1S/C12H16O3/c13-7-6-10-2-4-11(5-3-10)12-14-8-1-9-15-12/h2-5,12-13H,1,6-9H2. The van der Waals surface area contributed by atoms with E-state index < -0.39 is 0 Å². The van der Waals surface area contributed by atoms with Crippen molar-refractivity contribution in [3.05, 3.63) is 35.4 Å². The normalized spacial score (nSPS) is 17.9. The van der Waals surface area contributed by atoms with Crippen LogP contribution in [0.25, 0.3) is 0 Å². The SMILES string of the molecule is OCCc1ccc(C2OCCCO2)cc1. The highest BCUT2D eigenvalue weighted by Gasteiger charge is 2.15. The van der Waals surface area contributed by atoms with E-state index in [1.54, 1.807) is 0 Å². The maximum atomic E-state index is 8.79. The molecular formula is C12H16O3. The number of rotatable bonds is 3. The fraction of sp³-hybridized carbons (Fsp3) is 0.500. The van der Waals surface area contributed by atoms with Crippen LogP contribution in [-0.4, -0.2) is 24.9 Å². The molecule has 1 aromatic carbocycles. The first-order chi connectivity index (χ1) is 7.40. The molecule has 0 aromatic heterocycles. The predicted molar refractivity (Wildman–Crippen MR) is 56.5 cm³/mol. The van der Waals surface area contributed by atoms with E-state index in [1.807, 2.05) is 24.3 Å². The Morgan fingerprint density at radius 1 is 1.13 bits per heavy atom. The molecule has 1 aliphatic heterocycles. The highest BCUT2D eigenvalue weighted by Crippen LogP contribution is 2.22. The van der Waals surface area contributed by atoms with E-state index in [1.165, 1.54) is 0 Å². The number of ether oxygens (including phenoxy) is 2. The molecule has 1 saturated heterocycles. The van der Waals surface area contributed by atoms with Gasteiger partial charge in [-0.15, -0.1) is 0 Å². The summed E-state index contributed by atoms with van der Waals surface area (Å²) in [7, 11) is 0. The van der Waals surface area contributed by atoms with E-state index in [4.69, 9.17) is 14.6 Å². The maximum absolute atomic E-state index is 8.79. The Kier molecular flexibility index (Phi) is 3.72. The van der Waals surface area contributed by atoms with Crippen molar-refractivity contribution in [2.24, 2.45) is 0 Å². The summed E-state index contributed by atoms with van der Waals surface area (Å²) < 4.78 is 11.0. The van der Waals surface area contributed by atoms with Gasteiger partial charge in [-0.1, -0.05) is 24.3 Å². The van der Waals surface area contributed by atoms with Gasteiger partial charge in [0.2, 0.25) is 0 Å². The zero-order chi connectivity index (χ0) is 10.5. The van der Waals surface area contributed by atoms with E-state index in [0.29, 0.717) is 6.42 Å². The van der Waals surface area contributed by atoms with Crippen LogP contribution < -0.4 is 0 Å². The van der Waals surface area contributed by atoms with Gasteiger partial charge in [-0.2, -0.15) is 0 Å². The summed E-state index contributed by atoms with van der Waals surface area (Å²) in [6.07, 6.45) is 1.47. The molecule has 0 spiro atoms. The lowest BCUT2D eigenvalue weighted by atomic mass is 10.1. The van der Waals surface area contributed by atoms with Gasteiger partial charge in [0.25, 0.3) is 0 Å². The van der Waals surface area contributed by atoms with Gasteiger partial charge in [0, 0.05) is 12.2 Å². The second kappa shape index (κ2) is 5.26. The van der Waals surface area contributed by atoms with E-state index in [0.717, 1.165) is 30.8 Å². The van der Waals surface area contributed by atoms with Crippen molar-refractivity contribution >= 4 is 0 Å². The lowest BCUT2D eigenvalue weighted by Gasteiger charge is -2.23. The Labute approximate surface area is 89.6 Å². The second-order valence-corrected chi connectivity index (χ2v) is 3.64. The van der Waals surface area contributed by atoms with Crippen LogP contribution in [0.15, 0.2) is 24.3 Å². The molecule has 1 N–H and O–H groups in total. The van der Waals surface area contributed by atoms with Gasteiger partial charge in [0.15, 0.2) is 6.29 Å². The van der Waals surface area contributed by atoms with E-state index >= 15 is 0 Å². The summed E-state index contributed by atoms with van der Waals surface area (Å²) >= 11 is 0.